The first-order valence-electron chi connectivity index (χ1n) is 8.66. The van der Waals surface area contributed by atoms with Crippen LogP contribution in [0.5, 0.6) is 5.75 Å². The second-order valence-electron chi connectivity index (χ2n) is 6.91. The third kappa shape index (κ3) is 3.67. The Kier molecular flexibility index (Phi) is 5.05. The minimum Gasteiger partial charge on any atom is -0.468 e. The van der Waals surface area contributed by atoms with Gasteiger partial charge in [-0.05, 0) is 59.2 Å². The van der Waals surface area contributed by atoms with Crippen LogP contribution in [-0.4, -0.2) is 19.7 Å². The molecule has 3 rings (SSSR count). The molecular formula is C22H24O3. The van der Waals surface area contributed by atoms with Gasteiger partial charge in [0.05, 0.1) is 0 Å². The highest BCUT2D eigenvalue weighted by molar-refractivity contribution is 5.86. The molecule has 1 aliphatic rings. The maximum atomic E-state index is 11.2. The Balaban J connectivity index is 1.91. The molecule has 0 bridgehead atoms. The lowest BCUT2D eigenvalue weighted by atomic mass is 9.72. The zero-order chi connectivity index (χ0) is 17.9. The summed E-state index contributed by atoms with van der Waals surface area (Å²) >= 11 is 0. The van der Waals surface area contributed by atoms with Gasteiger partial charge in [-0.25, -0.2) is 0 Å². The van der Waals surface area contributed by atoms with Crippen molar-refractivity contribution in [3.63, 3.8) is 0 Å². The molecule has 0 N–H and O–H groups in total. The van der Waals surface area contributed by atoms with E-state index in [0.717, 1.165) is 29.6 Å². The number of hydrogen-bond donors (Lipinski definition) is 0. The van der Waals surface area contributed by atoms with E-state index in [1.165, 1.54) is 16.7 Å². The maximum absolute atomic E-state index is 11.2. The van der Waals surface area contributed by atoms with Crippen molar-refractivity contribution in [3.05, 3.63) is 70.8 Å². The summed E-state index contributed by atoms with van der Waals surface area (Å²) in [5.41, 5.74) is 5.55. The van der Waals surface area contributed by atoms with Gasteiger partial charge in [0.1, 0.15) is 12.0 Å². The summed E-state index contributed by atoms with van der Waals surface area (Å²) in [6, 6.07) is 14.1. The molecule has 2 aromatic rings. The predicted octanol–water partition coefficient (Wildman–Crippen LogP) is 4.98. The van der Waals surface area contributed by atoms with Crippen molar-refractivity contribution in [2.75, 3.05) is 13.4 Å². The van der Waals surface area contributed by atoms with Crippen molar-refractivity contribution in [2.45, 2.75) is 32.6 Å². The van der Waals surface area contributed by atoms with Gasteiger partial charge >= 0.3 is 0 Å². The zero-order valence-electron chi connectivity index (χ0n) is 15.0. The van der Waals surface area contributed by atoms with Crippen molar-refractivity contribution in [1.82, 2.24) is 0 Å². The second-order valence-corrected chi connectivity index (χ2v) is 6.91. The predicted molar refractivity (Wildman–Crippen MR) is 100 cm³/mol. The number of hydrogen-bond acceptors (Lipinski definition) is 3. The molecule has 0 radical (unpaired) electrons. The highest BCUT2D eigenvalue weighted by Crippen LogP contribution is 2.41. The Bertz CT molecular complexity index is 785. The van der Waals surface area contributed by atoms with Crippen molar-refractivity contribution < 1.29 is 14.3 Å². The third-order valence-corrected chi connectivity index (χ3v) is 4.69. The highest BCUT2D eigenvalue weighted by atomic mass is 16.7. The molecule has 3 nitrogen and oxygen atoms in total. The van der Waals surface area contributed by atoms with Gasteiger partial charge in [0, 0.05) is 12.2 Å². The summed E-state index contributed by atoms with van der Waals surface area (Å²) in [7, 11) is 0. The van der Waals surface area contributed by atoms with Crippen molar-refractivity contribution in [3.8, 4) is 5.75 Å². The molecule has 0 heterocycles. The van der Waals surface area contributed by atoms with Crippen LogP contribution in [0.15, 0.2) is 48.5 Å². The summed E-state index contributed by atoms with van der Waals surface area (Å²) in [6.45, 7) is 7.29. The van der Waals surface area contributed by atoms with Crippen LogP contribution < -0.4 is 4.74 Å². The number of ether oxygens (including phenoxy) is 2. The standard InChI is InChI=1S/C22H24O3/c1-4-24-15-25-18-8-6-17(7-9-18)19-11-12-22(2,3)21-13-16(14-23)5-10-20(19)21/h5-11,13-14H,4,12,15H2,1-3H3. The van der Waals surface area contributed by atoms with E-state index in [1.807, 2.05) is 31.2 Å². The number of rotatable bonds is 6. The number of benzene rings is 2. The highest BCUT2D eigenvalue weighted by Gasteiger charge is 2.28. The molecule has 0 spiro atoms. The number of fused-ring (bicyclic) bond motifs is 1. The van der Waals surface area contributed by atoms with Gasteiger partial charge in [0.15, 0.2) is 6.79 Å². The first-order chi connectivity index (χ1) is 12.0. The van der Waals surface area contributed by atoms with Gasteiger partial charge in [-0.15, -0.1) is 0 Å². The van der Waals surface area contributed by atoms with Gasteiger partial charge in [-0.3, -0.25) is 4.79 Å². The van der Waals surface area contributed by atoms with Crippen molar-refractivity contribution >= 4 is 11.9 Å². The van der Waals surface area contributed by atoms with Crippen LogP contribution in [0.25, 0.3) is 5.57 Å². The summed E-state index contributed by atoms with van der Waals surface area (Å²) in [4.78, 5) is 11.2. The molecule has 0 saturated heterocycles. The van der Waals surface area contributed by atoms with Gasteiger partial charge in [-0.2, -0.15) is 0 Å². The summed E-state index contributed by atoms with van der Waals surface area (Å²) in [5.74, 6) is 0.797. The van der Waals surface area contributed by atoms with E-state index < -0.39 is 0 Å². The Morgan fingerprint density at radius 3 is 2.56 bits per heavy atom. The topological polar surface area (TPSA) is 35.5 Å². The lowest BCUT2D eigenvalue weighted by molar-refractivity contribution is 0.0224. The number of aldehydes is 1. The number of carbonyl (C=O) groups is 1. The Morgan fingerprint density at radius 2 is 1.88 bits per heavy atom. The van der Waals surface area contributed by atoms with Crippen LogP contribution in [0.3, 0.4) is 0 Å². The van der Waals surface area contributed by atoms with Gasteiger partial charge in [0.25, 0.3) is 0 Å². The molecule has 1 aliphatic carbocycles. The monoisotopic (exact) mass is 336 g/mol. The second kappa shape index (κ2) is 7.24. The Morgan fingerprint density at radius 1 is 1.12 bits per heavy atom. The van der Waals surface area contributed by atoms with E-state index in [0.29, 0.717) is 6.61 Å². The largest absolute Gasteiger partial charge is 0.468 e. The molecule has 0 amide bonds. The maximum Gasteiger partial charge on any atom is 0.189 e. The first-order valence-corrected chi connectivity index (χ1v) is 8.66. The van der Waals surface area contributed by atoms with Crippen LogP contribution in [0.4, 0.5) is 0 Å². The van der Waals surface area contributed by atoms with E-state index in [4.69, 9.17) is 9.47 Å². The molecule has 0 fully saturated rings. The van der Waals surface area contributed by atoms with Crippen LogP contribution in [0, 0.1) is 0 Å². The van der Waals surface area contributed by atoms with E-state index >= 15 is 0 Å². The SMILES string of the molecule is CCOCOc1ccc(C2=CCC(C)(C)c3cc(C=O)ccc32)cc1. The Hall–Kier alpha value is -2.39. The fourth-order valence-electron chi connectivity index (χ4n) is 3.20. The van der Waals surface area contributed by atoms with Crippen LogP contribution in [-0.2, 0) is 10.2 Å². The van der Waals surface area contributed by atoms with Gasteiger partial charge < -0.3 is 9.47 Å². The zero-order valence-corrected chi connectivity index (χ0v) is 15.0. The quantitative estimate of drug-likeness (QED) is 0.424. The number of carbonyl (C=O) groups excluding carboxylic acids is 1. The molecule has 2 aromatic carbocycles. The molecule has 3 heteroatoms. The van der Waals surface area contributed by atoms with E-state index in [-0.39, 0.29) is 12.2 Å². The van der Waals surface area contributed by atoms with Crippen molar-refractivity contribution in [1.29, 1.82) is 0 Å². The molecule has 0 aromatic heterocycles. The summed E-state index contributed by atoms with van der Waals surface area (Å²) in [6.07, 6.45) is 4.15. The summed E-state index contributed by atoms with van der Waals surface area (Å²) in [5, 5.41) is 0. The lowest BCUT2D eigenvalue weighted by Gasteiger charge is -2.32. The fraction of sp³-hybridized carbons (Fsp3) is 0.318. The number of allylic oxidation sites excluding steroid dienone is 1. The molecule has 0 saturated carbocycles. The normalized spacial score (nSPS) is 15.2. The molecule has 130 valence electrons. The van der Waals surface area contributed by atoms with Crippen LogP contribution in [0.1, 0.15) is 54.2 Å². The fourth-order valence-corrected chi connectivity index (χ4v) is 3.20. The third-order valence-electron chi connectivity index (χ3n) is 4.69. The molecular weight excluding hydrogens is 312 g/mol. The van der Waals surface area contributed by atoms with E-state index in [2.05, 4.69) is 38.1 Å². The minimum absolute atomic E-state index is 0.0262. The summed E-state index contributed by atoms with van der Waals surface area (Å²) < 4.78 is 10.8. The average Bonchev–Trinajstić information content (AvgIpc) is 2.63. The smallest absolute Gasteiger partial charge is 0.189 e. The lowest BCUT2D eigenvalue weighted by Crippen LogP contribution is -2.22. The van der Waals surface area contributed by atoms with Crippen LogP contribution in [0.2, 0.25) is 0 Å². The average molecular weight is 336 g/mol. The molecule has 0 aliphatic heterocycles. The molecule has 25 heavy (non-hydrogen) atoms. The van der Waals surface area contributed by atoms with Gasteiger partial charge in [-0.1, -0.05) is 44.2 Å². The minimum atomic E-state index is 0.0262. The van der Waals surface area contributed by atoms with Crippen LogP contribution >= 0.6 is 0 Å². The van der Waals surface area contributed by atoms with Crippen molar-refractivity contribution in [2.24, 2.45) is 0 Å². The van der Waals surface area contributed by atoms with E-state index in [1.54, 1.807) is 0 Å². The molecule has 0 unspecified atom stereocenters. The Labute approximate surface area is 149 Å². The van der Waals surface area contributed by atoms with Gasteiger partial charge in [0.2, 0.25) is 0 Å². The first kappa shape index (κ1) is 17.4. The van der Waals surface area contributed by atoms with E-state index in [9.17, 15) is 4.79 Å². The molecule has 0 atom stereocenters.